The molecule has 31 heavy (non-hydrogen) atoms. The number of rotatable bonds is 3. The van der Waals surface area contributed by atoms with Gasteiger partial charge in [-0.05, 0) is 6.07 Å². The van der Waals surface area contributed by atoms with Gasteiger partial charge in [0.05, 0.1) is 24.7 Å². The number of hydrogen-bond acceptors (Lipinski definition) is 11. The van der Waals surface area contributed by atoms with Crippen molar-refractivity contribution in [2.75, 3.05) is 13.7 Å². The molecular formula is C20H20O11. The Morgan fingerprint density at radius 3 is 2.29 bits per heavy atom. The molecule has 0 amide bonds. The molecule has 4 rings (SSSR count). The Balaban J connectivity index is 2.01. The lowest BCUT2D eigenvalue weighted by Gasteiger charge is -2.40. The smallest absolute Gasteiger partial charge is 0.204 e. The van der Waals surface area contributed by atoms with Gasteiger partial charge in [-0.1, -0.05) is 0 Å². The maximum absolute atomic E-state index is 13.0. The van der Waals surface area contributed by atoms with Crippen LogP contribution in [0.25, 0.3) is 21.9 Å². The Bertz CT molecular complexity index is 1220. The van der Waals surface area contributed by atoms with Crippen LogP contribution < -0.4 is 10.2 Å². The van der Waals surface area contributed by atoms with E-state index >= 15 is 0 Å². The molecule has 1 fully saturated rings. The van der Waals surface area contributed by atoms with Gasteiger partial charge in [-0.15, -0.1) is 0 Å². The summed E-state index contributed by atoms with van der Waals surface area (Å²) in [5, 5.41) is 69.9. The molecule has 0 spiro atoms. The van der Waals surface area contributed by atoms with Crippen LogP contribution in [0.1, 0.15) is 11.7 Å². The highest BCUT2D eigenvalue weighted by Crippen LogP contribution is 2.45. The van der Waals surface area contributed by atoms with E-state index < -0.39 is 59.8 Å². The maximum atomic E-state index is 13.0. The Morgan fingerprint density at radius 1 is 0.968 bits per heavy atom. The second kappa shape index (κ2) is 7.55. The third-order valence-corrected chi connectivity index (χ3v) is 5.43. The number of phenols is 3. The van der Waals surface area contributed by atoms with Gasteiger partial charge in [-0.25, -0.2) is 0 Å². The first-order chi connectivity index (χ1) is 14.7. The fourth-order valence-electron chi connectivity index (χ4n) is 3.79. The number of fused-ring (bicyclic) bond motifs is 2. The summed E-state index contributed by atoms with van der Waals surface area (Å²) in [4.78, 5) is 13.0. The number of hydrogen-bond donors (Lipinski definition) is 7. The summed E-state index contributed by atoms with van der Waals surface area (Å²) < 4.78 is 16.3. The average molecular weight is 436 g/mol. The highest BCUT2D eigenvalue weighted by Gasteiger charge is 2.46. The van der Waals surface area contributed by atoms with Crippen molar-refractivity contribution in [2.45, 2.75) is 30.5 Å². The van der Waals surface area contributed by atoms with Crippen LogP contribution >= 0.6 is 0 Å². The third-order valence-electron chi connectivity index (χ3n) is 5.43. The normalized spacial score (nSPS) is 26.4. The van der Waals surface area contributed by atoms with Crippen LogP contribution in [0.5, 0.6) is 23.0 Å². The van der Waals surface area contributed by atoms with Gasteiger partial charge >= 0.3 is 0 Å². The van der Waals surface area contributed by atoms with Crippen molar-refractivity contribution in [1.82, 2.24) is 0 Å². The fourth-order valence-corrected chi connectivity index (χ4v) is 3.79. The van der Waals surface area contributed by atoms with Gasteiger partial charge in [0.25, 0.3) is 0 Å². The van der Waals surface area contributed by atoms with Crippen LogP contribution in [0.15, 0.2) is 27.4 Å². The van der Waals surface area contributed by atoms with E-state index in [4.69, 9.17) is 13.9 Å². The highest BCUT2D eigenvalue weighted by molar-refractivity contribution is 5.96. The minimum atomic E-state index is -1.73. The molecule has 11 nitrogen and oxygen atoms in total. The molecule has 2 aromatic carbocycles. The lowest BCUT2D eigenvalue weighted by atomic mass is 9.89. The second-order valence-electron chi connectivity index (χ2n) is 7.23. The van der Waals surface area contributed by atoms with Crippen LogP contribution in [-0.2, 0) is 4.74 Å². The van der Waals surface area contributed by atoms with Crippen molar-refractivity contribution < 1.29 is 49.6 Å². The van der Waals surface area contributed by atoms with E-state index in [9.17, 15) is 40.5 Å². The zero-order valence-corrected chi connectivity index (χ0v) is 16.1. The van der Waals surface area contributed by atoms with Crippen LogP contribution in [0, 0.1) is 0 Å². The minimum Gasteiger partial charge on any atom is -0.506 e. The molecule has 11 heteroatoms. The van der Waals surface area contributed by atoms with Crippen molar-refractivity contribution in [3.8, 4) is 23.0 Å². The van der Waals surface area contributed by atoms with E-state index in [1.165, 1.54) is 13.2 Å². The second-order valence-corrected chi connectivity index (χ2v) is 7.23. The highest BCUT2D eigenvalue weighted by atomic mass is 16.5. The van der Waals surface area contributed by atoms with Crippen LogP contribution in [0.2, 0.25) is 0 Å². The SMILES string of the molecule is COc1cc2oc3cc(O)c(O)cc3c(=O)c2c(O)c1[C@@H]1OC(CO)[C@@H](O)C(O)[C@@H]1O. The molecule has 0 saturated carbocycles. The quantitative estimate of drug-likeness (QED) is 0.209. The molecule has 7 N–H and O–H groups in total. The Labute approximate surface area is 173 Å². The lowest BCUT2D eigenvalue weighted by Crippen LogP contribution is -2.55. The first kappa shape index (κ1) is 21.2. The number of methoxy groups -OCH3 is 1. The summed E-state index contributed by atoms with van der Waals surface area (Å²) in [5.74, 6) is -1.83. The van der Waals surface area contributed by atoms with Gasteiger partial charge in [0.2, 0.25) is 5.43 Å². The van der Waals surface area contributed by atoms with Crippen molar-refractivity contribution >= 4 is 21.9 Å². The Morgan fingerprint density at radius 2 is 1.65 bits per heavy atom. The molecule has 0 bridgehead atoms. The standard InChI is InChI=1S/C20H20O11/c1-29-10-4-11-13(15(24)6-2-7(22)8(23)3-9(6)30-11)17(26)14(10)20-19(28)18(27)16(25)12(5-21)31-20/h2-4,12,16,18-23,25-28H,5H2,1H3/t12?,16-,18?,19+,20+/m1/s1. The van der Waals surface area contributed by atoms with Gasteiger partial charge in [-0.3, -0.25) is 4.79 Å². The van der Waals surface area contributed by atoms with Gasteiger partial charge in [-0.2, -0.15) is 0 Å². The maximum Gasteiger partial charge on any atom is 0.204 e. The van der Waals surface area contributed by atoms with Crippen LogP contribution in [0.4, 0.5) is 0 Å². The van der Waals surface area contributed by atoms with Gasteiger partial charge in [0, 0.05) is 12.1 Å². The molecule has 2 heterocycles. The number of aromatic hydroxyl groups is 3. The summed E-state index contributed by atoms with van der Waals surface area (Å²) >= 11 is 0. The number of benzene rings is 2. The molecule has 1 aliphatic heterocycles. The van der Waals surface area contributed by atoms with E-state index in [1.54, 1.807) is 0 Å². The fraction of sp³-hybridized carbons (Fsp3) is 0.350. The molecule has 3 aromatic rings. The largest absolute Gasteiger partial charge is 0.506 e. The first-order valence-corrected chi connectivity index (χ1v) is 9.22. The molecule has 2 unspecified atom stereocenters. The van der Waals surface area contributed by atoms with E-state index in [-0.39, 0.29) is 33.3 Å². The predicted molar refractivity (Wildman–Crippen MR) is 104 cm³/mol. The Hall–Kier alpha value is -3.09. The van der Waals surface area contributed by atoms with Crippen LogP contribution in [-0.4, -0.2) is 73.9 Å². The zero-order valence-electron chi connectivity index (χ0n) is 16.1. The summed E-state index contributed by atoms with van der Waals surface area (Å²) in [7, 11) is 1.25. The zero-order chi connectivity index (χ0) is 22.6. The molecule has 1 aliphatic rings. The van der Waals surface area contributed by atoms with E-state index in [0.29, 0.717) is 0 Å². The van der Waals surface area contributed by atoms with E-state index in [2.05, 4.69) is 0 Å². The summed E-state index contributed by atoms with van der Waals surface area (Å²) in [6, 6.07) is 3.27. The molecular weight excluding hydrogens is 416 g/mol. The summed E-state index contributed by atoms with van der Waals surface area (Å²) in [6.45, 7) is -0.687. The molecule has 1 aromatic heterocycles. The van der Waals surface area contributed by atoms with Crippen molar-refractivity contribution in [3.63, 3.8) is 0 Å². The van der Waals surface area contributed by atoms with Gasteiger partial charge in [0.15, 0.2) is 11.5 Å². The van der Waals surface area contributed by atoms with Crippen LogP contribution in [0.3, 0.4) is 0 Å². The van der Waals surface area contributed by atoms with E-state index in [0.717, 1.165) is 12.1 Å². The lowest BCUT2D eigenvalue weighted by molar-refractivity contribution is -0.232. The number of ether oxygens (including phenoxy) is 2. The number of aliphatic hydroxyl groups is 4. The van der Waals surface area contributed by atoms with Crippen molar-refractivity contribution in [3.05, 3.63) is 34.0 Å². The Kier molecular flexibility index (Phi) is 5.15. The van der Waals surface area contributed by atoms with Gasteiger partial charge in [0.1, 0.15) is 58.6 Å². The van der Waals surface area contributed by atoms with E-state index in [1.807, 2.05) is 0 Å². The molecule has 166 valence electrons. The number of aliphatic hydroxyl groups excluding tert-OH is 4. The topological polar surface area (TPSA) is 190 Å². The van der Waals surface area contributed by atoms with Gasteiger partial charge < -0.3 is 49.6 Å². The summed E-state index contributed by atoms with van der Waals surface area (Å²) in [5.41, 5.74) is -1.14. The van der Waals surface area contributed by atoms with Crippen molar-refractivity contribution in [2.24, 2.45) is 0 Å². The predicted octanol–water partition coefficient (Wildman–Crippen LogP) is -0.414. The molecule has 5 atom stereocenters. The molecule has 1 saturated heterocycles. The third kappa shape index (κ3) is 3.14. The number of phenolic OH excluding ortho intramolecular Hbond substituents is 3. The first-order valence-electron chi connectivity index (χ1n) is 9.22. The molecule has 0 aliphatic carbocycles. The average Bonchev–Trinajstić information content (AvgIpc) is 2.74. The summed E-state index contributed by atoms with van der Waals surface area (Å²) in [6.07, 6.45) is -7.80. The minimum absolute atomic E-state index is 0.0603. The monoisotopic (exact) mass is 436 g/mol. The molecule has 0 radical (unpaired) electrons. The van der Waals surface area contributed by atoms with Crippen molar-refractivity contribution in [1.29, 1.82) is 0 Å².